The van der Waals surface area contributed by atoms with Crippen LogP contribution in [0.5, 0.6) is 0 Å². The number of rotatable bonds is 6. The Morgan fingerprint density at radius 1 is 1.22 bits per heavy atom. The van der Waals surface area contributed by atoms with Gasteiger partial charge in [0.15, 0.2) is 0 Å². The van der Waals surface area contributed by atoms with Gasteiger partial charge < -0.3 is 10.2 Å². The number of nitrogens with zero attached hydrogens (tertiary/aromatic N) is 1. The number of amides is 1. The lowest BCUT2D eigenvalue weighted by Crippen LogP contribution is -2.35. The zero-order valence-electron chi connectivity index (χ0n) is 11.9. The van der Waals surface area contributed by atoms with Crippen LogP contribution in [0.1, 0.15) is 35.3 Å². The number of hydrogen-bond acceptors (Lipinski definition) is 2. The van der Waals surface area contributed by atoms with Crippen LogP contribution >= 0.6 is 0 Å². The van der Waals surface area contributed by atoms with E-state index in [1.54, 1.807) is 0 Å². The highest BCUT2D eigenvalue weighted by Crippen LogP contribution is 2.10. The summed E-state index contributed by atoms with van der Waals surface area (Å²) >= 11 is 0. The Balaban J connectivity index is 2.53. The Morgan fingerprint density at radius 2 is 1.89 bits per heavy atom. The number of aryl methyl sites for hydroxylation is 2. The van der Waals surface area contributed by atoms with Crippen molar-refractivity contribution in [2.45, 2.75) is 27.7 Å². The first-order valence-corrected chi connectivity index (χ1v) is 6.66. The zero-order chi connectivity index (χ0) is 13.5. The molecule has 3 heteroatoms. The number of likely N-dealkylation sites (N-methyl/N-ethyl adjacent to an activating group) is 1. The van der Waals surface area contributed by atoms with Crippen LogP contribution in [0.3, 0.4) is 0 Å². The summed E-state index contributed by atoms with van der Waals surface area (Å²) in [6.45, 7) is 11.9. The molecule has 0 bridgehead atoms. The summed E-state index contributed by atoms with van der Waals surface area (Å²) < 4.78 is 0. The van der Waals surface area contributed by atoms with Crippen LogP contribution in [-0.4, -0.2) is 37.0 Å². The second-order valence-electron chi connectivity index (χ2n) is 4.60. The molecule has 1 amide bonds. The van der Waals surface area contributed by atoms with Gasteiger partial charge in [-0.25, -0.2) is 0 Å². The van der Waals surface area contributed by atoms with E-state index in [0.29, 0.717) is 6.54 Å². The lowest BCUT2D eigenvalue weighted by atomic mass is 10.1. The Bertz CT molecular complexity index is 397. The molecular weight excluding hydrogens is 224 g/mol. The predicted octanol–water partition coefficient (Wildman–Crippen LogP) is 2.38. The van der Waals surface area contributed by atoms with Gasteiger partial charge in [-0.15, -0.1) is 0 Å². The molecule has 1 aromatic carbocycles. The third-order valence-corrected chi connectivity index (χ3v) is 3.25. The van der Waals surface area contributed by atoms with Crippen LogP contribution in [0.4, 0.5) is 0 Å². The van der Waals surface area contributed by atoms with Crippen molar-refractivity contribution in [3.8, 4) is 0 Å². The van der Waals surface area contributed by atoms with Gasteiger partial charge in [0.1, 0.15) is 0 Å². The van der Waals surface area contributed by atoms with Gasteiger partial charge in [-0.3, -0.25) is 4.79 Å². The molecule has 18 heavy (non-hydrogen) atoms. The molecule has 0 aliphatic rings. The summed E-state index contributed by atoms with van der Waals surface area (Å²) in [6.07, 6.45) is 0. The van der Waals surface area contributed by atoms with Crippen molar-refractivity contribution in [3.63, 3.8) is 0 Å². The Hall–Kier alpha value is -1.35. The van der Waals surface area contributed by atoms with Crippen molar-refractivity contribution in [1.29, 1.82) is 0 Å². The molecule has 100 valence electrons. The molecule has 0 fully saturated rings. The minimum absolute atomic E-state index is 0.0309. The third-order valence-electron chi connectivity index (χ3n) is 3.25. The molecule has 0 atom stereocenters. The summed E-state index contributed by atoms with van der Waals surface area (Å²) in [5, 5.41) is 2.99. The van der Waals surface area contributed by atoms with Crippen molar-refractivity contribution >= 4 is 5.91 Å². The van der Waals surface area contributed by atoms with Gasteiger partial charge in [0, 0.05) is 18.7 Å². The highest BCUT2D eigenvalue weighted by atomic mass is 16.1. The molecule has 1 rings (SSSR count). The average Bonchev–Trinajstić information content (AvgIpc) is 2.37. The lowest BCUT2D eigenvalue weighted by Gasteiger charge is -2.18. The average molecular weight is 248 g/mol. The highest BCUT2D eigenvalue weighted by Gasteiger charge is 2.08. The number of hydrogen-bond donors (Lipinski definition) is 1. The monoisotopic (exact) mass is 248 g/mol. The first-order chi connectivity index (χ1) is 8.58. The maximum Gasteiger partial charge on any atom is 0.251 e. The maximum atomic E-state index is 12.0. The minimum atomic E-state index is 0.0309. The van der Waals surface area contributed by atoms with Crippen molar-refractivity contribution in [2.75, 3.05) is 26.2 Å². The zero-order valence-corrected chi connectivity index (χ0v) is 11.9. The molecule has 0 spiro atoms. The lowest BCUT2D eigenvalue weighted by molar-refractivity contribution is 0.0948. The summed E-state index contributed by atoms with van der Waals surface area (Å²) in [5.41, 5.74) is 2.94. The van der Waals surface area contributed by atoms with E-state index < -0.39 is 0 Å². The van der Waals surface area contributed by atoms with E-state index in [-0.39, 0.29) is 5.91 Å². The molecule has 0 aliphatic carbocycles. The van der Waals surface area contributed by atoms with Crippen LogP contribution in [0, 0.1) is 13.8 Å². The third kappa shape index (κ3) is 4.15. The summed E-state index contributed by atoms with van der Waals surface area (Å²) in [6, 6.07) is 5.97. The molecule has 0 unspecified atom stereocenters. The first-order valence-electron chi connectivity index (χ1n) is 6.66. The Morgan fingerprint density at radius 3 is 2.50 bits per heavy atom. The molecule has 0 saturated carbocycles. The van der Waals surface area contributed by atoms with E-state index >= 15 is 0 Å². The van der Waals surface area contributed by atoms with Crippen molar-refractivity contribution in [1.82, 2.24) is 10.2 Å². The normalized spacial score (nSPS) is 10.7. The second-order valence-corrected chi connectivity index (χ2v) is 4.60. The van der Waals surface area contributed by atoms with Crippen molar-refractivity contribution in [2.24, 2.45) is 0 Å². The van der Waals surface area contributed by atoms with Gasteiger partial charge in [0.2, 0.25) is 0 Å². The van der Waals surface area contributed by atoms with E-state index in [1.807, 2.05) is 32.0 Å². The second kappa shape index (κ2) is 7.17. The maximum absolute atomic E-state index is 12.0. The summed E-state index contributed by atoms with van der Waals surface area (Å²) in [7, 11) is 0. The quantitative estimate of drug-likeness (QED) is 0.838. The number of benzene rings is 1. The smallest absolute Gasteiger partial charge is 0.251 e. The van der Waals surface area contributed by atoms with Gasteiger partial charge in [-0.05, 0) is 38.6 Å². The van der Waals surface area contributed by atoms with Crippen molar-refractivity contribution < 1.29 is 4.79 Å². The largest absolute Gasteiger partial charge is 0.351 e. The molecular formula is C15H24N2O. The van der Waals surface area contributed by atoms with E-state index in [4.69, 9.17) is 0 Å². The molecule has 0 aliphatic heterocycles. The van der Waals surface area contributed by atoms with Crippen LogP contribution in [0.25, 0.3) is 0 Å². The molecule has 0 heterocycles. The fraction of sp³-hybridized carbons (Fsp3) is 0.533. The van der Waals surface area contributed by atoms with Crippen LogP contribution < -0.4 is 5.32 Å². The SMILES string of the molecule is CCN(CC)CCNC(=O)c1cc(C)ccc1C. The van der Waals surface area contributed by atoms with Crippen LogP contribution in [0.2, 0.25) is 0 Å². The van der Waals surface area contributed by atoms with Crippen LogP contribution in [0.15, 0.2) is 18.2 Å². The van der Waals surface area contributed by atoms with Gasteiger partial charge in [0.25, 0.3) is 5.91 Å². The standard InChI is InChI=1S/C15H24N2O/c1-5-17(6-2)10-9-16-15(18)14-11-12(3)7-8-13(14)4/h7-8,11H,5-6,9-10H2,1-4H3,(H,16,18). The first kappa shape index (κ1) is 14.7. The predicted molar refractivity (Wildman–Crippen MR) is 76.0 cm³/mol. The van der Waals surface area contributed by atoms with E-state index in [0.717, 1.165) is 36.3 Å². The van der Waals surface area contributed by atoms with Gasteiger partial charge in [-0.2, -0.15) is 0 Å². The van der Waals surface area contributed by atoms with E-state index in [1.165, 1.54) is 0 Å². The molecule has 0 saturated heterocycles. The van der Waals surface area contributed by atoms with Gasteiger partial charge >= 0.3 is 0 Å². The van der Waals surface area contributed by atoms with Crippen molar-refractivity contribution in [3.05, 3.63) is 34.9 Å². The topological polar surface area (TPSA) is 32.3 Å². The summed E-state index contributed by atoms with van der Waals surface area (Å²) in [4.78, 5) is 14.3. The fourth-order valence-electron chi connectivity index (χ4n) is 1.94. The molecule has 0 aromatic heterocycles. The molecule has 3 nitrogen and oxygen atoms in total. The minimum Gasteiger partial charge on any atom is -0.351 e. The molecule has 1 N–H and O–H groups in total. The van der Waals surface area contributed by atoms with E-state index in [2.05, 4.69) is 24.1 Å². The number of carbonyl (C=O) groups excluding carboxylic acids is 1. The van der Waals surface area contributed by atoms with Crippen LogP contribution in [-0.2, 0) is 0 Å². The molecule has 1 aromatic rings. The van der Waals surface area contributed by atoms with Gasteiger partial charge in [0.05, 0.1) is 0 Å². The highest BCUT2D eigenvalue weighted by molar-refractivity contribution is 5.95. The Kier molecular flexibility index (Phi) is 5.86. The van der Waals surface area contributed by atoms with Gasteiger partial charge in [-0.1, -0.05) is 31.5 Å². The number of nitrogens with one attached hydrogen (secondary N) is 1. The van der Waals surface area contributed by atoms with E-state index in [9.17, 15) is 4.79 Å². The summed E-state index contributed by atoms with van der Waals surface area (Å²) in [5.74, 6) is 0.0309. The number of carbonyl (C=O) groups is 1. The fourth-order valence-corrected chi connectivity index (χ4v) is 1.94. The molecule has 0 radical (unpaired) electrons. The Labute approximate surface area is 110 Å².